The van der Waals surface area contributed by atoms with Crippen molar-refractivity contribution in [3.63, 3.8) is 0 Å². The molecule has 0 aromatic heterocycles. The molecule has 2 nitrogen and oxygen atoms in total. The first-order chi connectivity index (χ1) is 6.15. The molecule has 0 unspecified atom stereocenters. The van der Waals surface area contributed by atoms with E-state index in [1.165, 1.54) is 7.11 Å². The lowest BCUT2D eigenvalue weighted by atomic mass is 10.1. The van der Waals surface area contributed by atoms with E-state index in [4.69, 9.17) is 0 Å². The number of methoxy groups -OCH3 is 1. The van der Waals surface area contributed by atoms with E-state index >= 15 is 0 Å². The third-order valence-corrected chi connectivity index (χ3v) is 2.30. The van der Waals surface area contributed by atoms with Crippen molar-refractivity contribution in [3.8, 4) is 0 Å². The highest BCUT2D eigenvalue weighted by Gasteiger charge is 2.07. The van der Waals surface area contributed by atoms with Crippen LogP contribution in [0.5, 0.6) is 0 Å². The van der Waals surface area contributed by atoms with Crippen LogP contribution in [0.3, 0.4) is 0 Å². The van der Waals surface area contributed by atoms with E-state index in [-0.39, 0.29) is 10.8 Å². The minimum Gasteiger partial charge on any atom is -0.465 e. The highest BCUT2D eigenvalue weighted by molar-refractivity contribution is 9.09. The number of rotatable bonds is 2. The maximum atomic E-state index is 11.2. The first-order valence-electron chi connectivity index (χ1n) is 3.97. The van der Waals surface area contributed by atoms with Gasteiger partial charge in [-0.05, 0) is 24.6 Å². The van der Waals surface area contributed by atoms with Crippen LogP contribution < -0.4 is 0 Å². The predicted octanol–water partition coefficient (Wildman–Crippen LogP) is 2.93. The van der Waals surface area contributed by atoms with Crippen molar-refractivity contribution in [1.29, 1.82) is 0 Å². The van der Waals surface area contributed by atoms with Gasteiger partial charge in [0.05, 0.1) is 12.7 Å². The van der Waals surface area contributed by atoms with Crippen LogP contribution in [0.4, 0.5) is 0 Å². The Labute approximate surface area is 86.0 Å². The van der Waals surface area contributed by atoms with Gasteiger partial charge in [-0.3, -0.25) is 0 Å². The molecular formula is C10H11BrO2. The molecule has 0 radical (unpaired) electrons. The van der Waals surface area contributed by atoms with E-state index in [9.17, 15) is 4.79 Å². The van der Waals surface area contributed by atoms with Crippen molar-refractivity contribution in [2.24, 2.45) is 0 Å². The summed E-state index contributed by atoms with van der Waals surface area (Å²) in [5.41, 5.74) is 1.66. The van der Waals surface area contributed by atoms with Gasteiger partial charge in [-0.15, -0.1) is 0 Å². The van der Waals surface area contributed by atoms with E-state index in [2.05, 4.69) is 20.7 Å². The summed E-state index contributed by atoms with van der Waals surface area (Å²) >= 11 is 3.44. The molecule has 0 saturated heterocycles. The van der Waals surface area contributed by atoms with Gasteiger partial charge in [0.15, 0.2) is 0 Å². The van der Waals surface area contributed by atoms with Crippen molar-refractivity contribution in [3.05, 3.63) is 35.4 Å². The summed E-state index contributed by atoms with van der Waals surface area (Å²) in [4.78, 5) is 11.4. The van der Waals surface area contributed by atoms with E-state index < -0.39 is 0 Å². The molecule has 70 valence electrons. The Bertz CT molecular complexity index is 308. The van der Waals surface area contributed by atoms with Gasteiger partial charge in [0, 0.05) is 4.83 Å². The maximum Gasteiger partial charge on any atom is 0.337 e. The third-order valence-electron chi connectivity index (χ3n) is 1.77. The quantitative estimate of drug-likeness (QED) is 0.589. The second-order valence-corrected chi connectivity index (χ2v) is 4.11. The molecule has 0 N–H and O–H groups in total. The van der Waals surface area contributed by atoms with Gasteiger partial charge in [-0.1, -0.05) is 28.1 Å². The molecule has 0 saturated carbocycles. The van der Waals surface area contributed by atoms with Gasteiger partial charge in [0.25, 0.3) is 0 Å². The Morgan fingerprint density at radius 1 is 1.54 bits per heavy atom. The lowest BCUT2D eigenvalue weighted by molar-refractivity contribution is 0.0600. The molecule has 0 heterocycles. The second-order valence-electron chi connectivity index (χ2n) is 2.73. The van der Waals surface area contributed by atoms with Crippen molar-refractivity contribution < 1.29 is 9.53 Å². The molecule has 0 fully saturated rings. The zero-order valence-corrected chi connectivity index (χ0v) is 9.17. The fourth-order valence-corrected chi connectivity index (χ4v) is 1.32. The fraction of sp³-hybridized carbons (Fsp3) is 0.300. The zero-order chi connectivity index (χ0) is 9.84. The smallest absolute Gasteiger partial charge is 0.337 e. The largest absolute Gasteiger partial charge is 0.465 e. The molecule has 0 aliphatic rings. The number of esters is 1. The Morgan fingerprint density at radius 3 is 2.77 bits per heavy atom. The van der Waals surface area contributed by atoms with E-state index in [1.807, 2.05) is 25.1 Å². The van der Waals surface area contributed by atoms with Gasteiger partial charge >= 0.3 is 5.97 Å². The van der Waals surface area contributed by atoms with Crippen LogP contribution in [0.25, 0.3) is 0 Å². The number of carbonyl (C=O) groups is 1. The number of alkyl halides is 1. The summed E-state index contributed by atoms with van der Waals surface area (Å²) in [5.74, 6) is -0.296. The van der Waals surface area contributed by atoms with Crippen molar-refractivity contribution in [1.82, 2.24) is 0 Å². The van der Waals surface area contributed by atoms with Gasteiger partial charge < -0.3 is 4.74 Å². The second kappa shape index (κ2) is 4.42. The molecular weight excluding hydrogens is 232 g/mol. The van der Waals surface area contributed by atoms with E-state index in [0.29, 0.717) is 5.56 Å². The summed E-state index contributed by atoms with van der Waals surface area (Å²) in [6.45, 7) is 2.01. The van der Waals surface area contributed by atoms with E-state index in [0.717, 1.165) is 5.56 Å². The number of halogens is 1. The molecule has 1 aromatic carbocycles. The molecule has 1 atom stereocenters. The lowest BCUT2D eigenvalue weighted by Crippen LogP contribution is -2.01. The topological polar surface area (TPSA) is 26.3 Å². The first kappa shape index (κ1) is 10.3. The van der Waals surface area contributed by atoms with Crippen LogP contribution in [0.1, 0.15) is 27.7 Å². The first-order valence-corrected chi connectivity index (χ1v) is 4.89. The Kier molecular flexibility index (Phi) is 3.48. The SMILES string of the molecule is COC(=O)c1cccc([C@H](C)Br)c1. The fourth-order valence-electron chi connectivity index (χ4n) is 1.03. The molecule has 1 rings (SSSR count). The van der Waals surface area contributed by atoms with Gasteiger partial charge in [-0.2, -0.15) is 0 Å². The standard InChI is InChI=1S/C10H11BrO2/c1-7(11)8-4-3-5-9(6-8)10(12)13-2/h3-7H,1-2H3/t7-/m0/s1. The van der Waals surface area contributed by atoms with Crippen molar-refractivity contribution >= 4 is 21.9 Å². The molecule has 1 aromatic rings. The van der Waals surface area contributed by atoms with Gasteiger partial charge in [-0.25, -0.2) is 4.79 Å². The highest BCUT2D eigenvalue weighted by Crippen LogP contribution is 2.22. The van der Waals surface area contributed by atoms with Crippen LogP contribution in [-0.4, -0.2) is 13.1 Å². The number of ether oxygens (including phenoxy) is 1. The predicted molar refractivity (Wildman–Crippen MR) is 55.1 cm³/mol. The molecule has 0 bridgehead atoms. The summed E-state index contributed by atoms with van der Waals surface area (Å²) in [5, 5.41) is 0. The summed E-state index contributed by atoms with van der Waals surface area (Å²) in [6.07, 6.45) is 0. The maximum absolute atomic E-state index is 11.2. The average molecular weight is 243 g/mol. The van der Waals surface area contributed by atoms with Gasteiger partial charge in [0.2, 0.25) is 0 Å². The molecule has 13 heavy (non-hydrogen) atoms. The van der Waals surface area contributed by atoms with Crippen LogP contribution in [0.2, 0.25) is 0 Å². The molecule has 0 aliphatic heterocycles. The molecule has 0 spiro atoms. The van der Waals surface area contributed by atoms with Crippen LogP contribution in [0, 0.1) is 0 Å². The Hall–Kier alpha value is -0.830. The molecule has 0 aliphatic carbocycles. The van der Waals surface area contributed by atoms with Gasteiger partial charge in [0.1, 0.15) is 0 Å². The van der Waals surface area contributed by atoms with E-state index in [1.54, 1.807) is 6.07 Å². The van der Waals surface area contributed by atoms with Crippen molar-refractivity contribution in [2.75, 3.05) is 7.11 Å². The zero-order valence-electron chi connectivity index (χ0n) is 7.58. The number of carbonyl (C=O) groups excluding carboxylic acids is 1. The average Bonchev–Trinajstić information content (AvgIpc) is 2.17. The third kappa shape index (κ3) is 2.56. The number of benzene rings is 1. The summed E-state index contributed by atoms with van der Waals surface area (Å²) < 4.78 is 4.62. The monoisotopic (exact) mass is 242 g/mol. The Morgan fingerprint density at radius 2 is 2.23 bits per heavy atom. The van der Waals surface area contributed by atoms with Crippen LogP contribution >= 0.6 is 15.9 Å². The summed E-state index contributed by atoms with van der Waals surface area (Å²) in [6, 6.07) is 7.38. The minimum absolute atomic E-state index is 0.247. The lowest BCUT2D eigenvalue weighted by Gasteiger charge is -2.05. The Balaban J connectivity index is 2.98. The molecule has 0 amide bonds. The van der Waals surface area contributed by atoms with Crippen LogP contribution in [0.15, 0.2) is 24.3 Å². The highest BCUT2D eigenvalue weighted by atomic mass is 79.9. The van der Waals surface area contributed by atoms with Crippen molar-refractivity contribution in [2.45, 2.75) is 11.8 Å². The number of hydrogen-bond acceptors (Lipinski definition) is 2. The van der Waals surface area contributed by atoms with Crippen LogP contribution in [-0.2, 0) is 4.74 Å². The molecule has 3 heteroatoms. The number of hydrogen-bond donors (Lipinski definition) is 0. The minimum atomic E-state index is -0.296. The normalized spacial score (nSPS) is 12.2. The summed E-state index contributed by atoms with van der Waals surface area (Å²) in [7, 11) is 1.38.